The Morgan fingerprint density at radius 1 is 1.18 bits per heavy atom. The summed E-state index contributed by atoms with van der Waals surface area (Å²) in [5, 5.41) is 17.5. The van der Waals surface area contributed by atoms with Crippen LogP contribution in [0.2, 0.25) is 10.0 Å². The second-order valence-electron chi connectivity index (χ2n) is 8.97. The molecule has 2 bridgehead atoms. The van der Waals surface area contributed by atoms with Crippen molar-refractivity contribution in [1.29, 1.82) is 0 Å². The Balaban J connectivity index is 1.34. The third-order valence-electron chi connectivity index (χ3n) is 6.66. The lowest BCUT2D eigenvalue weighted by Crippen LogP contribution is -2.70. The highest BCUT2D eigenvalue weighted by Crippen LogP contribution is 2.47. The summed E-state index contributed by atoms with van der Waals surface area (Å²) in [6.07, 6.45) is 2.82. The lowest BCUT2D eigenvalue weighted by molar-refractivity contribution is -0.132. The first-order valence-corrected chi connectivity index (χ1v) is 11.7. The summed E-state index contributed by atoms with van der Waals surface area (Å²) < 4.78 is 18.8. The van der Waals surface area contributed by atoms with Crippen LogP contribution in [-0.2, 0) is 4.79 Å². The normalized spacial score (nSPS) is 26.6. The van der Waals surface area contributed by atoms with Crippen LogP contribution in [0.5, 0.6) is 5.75 Å². The van der Waals surface area contributed by atoms with Crippen LogP contribution in [0.1, 0.15) is 61.4 Å². The Kier molecular flexibility index (Phi) is 6.98. The molecule has 0 saturated heterocycles. The van der Waals surface area contributed by atoms with Crippen LogP contribution in [0.15, 0.2) is 30.6 Å². The molecule has 2 aromatic rings. The van der Waals surface area contributed by atoms with Crippen molar-refractivity contribution in [3.63, 3.8) is 0 Å². The second-order valence-corrected chi connectivity index (χ2v) is 9.78. The molecule has 3 aliphatic rings. The van der Waals surface area contributed by atoms with Gasteiger partial charge in [-0.15, -0.1) is 0 Å². The number of aliphatic hydroxyl groups is 1. The number of alkyl halides is 1. The Hall–Kier alpha value is -2.49. The fourth-order valence-electron chi connectivity index (χ4n) is 4.66. The number of ether oxygens (including phenoxy) is 1. The van der Waals surface area contributed by atoms with E-state index < -0.39 is 29.3 Å². The molecule has 0 spiro atoms. The van der Waals surface area contributed by atoms with E-state index in [1.165, 1.54) is 25.4 Å². The van der Waals surface area contributed by atoms with Crippen molar-refractivity contribution in [3.05, 3.63) is 52.0 Å². The number of halogens is 3. The minimum absolute atomic E-state index is 0.0865. The average molecular weight is 511 g/mol. The number of aromatic nitrogens is 2. The Bertz CT molecular complexity index is 1080. The number of fused-ring (bicyclic) bond motifs is 3. The van der Waals surface area contributed by atoms with E-state index in [0.717, 1.165) is 0 Å². The van der Waals surface area contributed by atoms with Crippen molar-refractivity contribution in [1.82, 2.24) is 20.6 Å². The molecule has 1 heterocycles. The quantitative estimate of drug-likeness (QED) is 0.524. The molecule has 34 heavy (non-hydrogen) atoms. The molecular formula is C23H25Cl2FN4O4. The lowest BCUT2D eigenvalue weighted by atomic mass is 9.60. The standard InChI is InChI=1S/C23H25Cl2FN4O4/c1-13(26)17-10-28-18(11-27-17)21(33)30-22-4-6-23(7-5-22,19(31)9-22)29-20(32)12-34-14-2-3-15(24)16(25)8-14/h2-3,8,10-11,13,19,31H,4-7,9,12H2,1H3,(H,29,32)(H,30,33)/t13?,19-,22?,23?/m0/s1. The van der Waals surface area contributed by atoms with E-state index in [0.29, 0.717) is 47.9 Å². The zero-order valence-electron chi connectivity index (χ0n) is 18.5. The SMILES string of the molecule is CC(F)c1cnc(C(=O)NC23CCC(NC(=O)COc4ccc(Cl)c(Cl)c4)(CC2)[C@@H](O)C3)cn1. The fraction of sp³-hybridized carbons (Fsp3) is 0.478. The smallest absolute Gasteiger partial charge is 0.271 e. The maximum absolute atomic E-state index is 13.3. The largest absolute Gasteiger partial charge is 0.484 e. The maximum Gasteiger partial charge on any atom is 0.271 e. The zero-order chi connectivity index (χ0) is 24.5. The van der Waals surface area contributed by atoms with Crippen molar-refractivity contribution in [3.8, 4) is 5.75 Å². The van der Waals surface area contributed by atoms with E-state index in [1.54, 1.807) is 12.1 Å². The fourth-order valence-corrected chi connectivity index (χ4v) is 4.94. The number of carbonyl (C=O) groups is 2. The first-order valence-electron chi connectivity index (χ1n) is 11.0. The van der Waals surface area contributed by atoms with E-state index in [2.05, 4.69) is 20.6 Å². The van der Waals surface area contributed by atoms with Gasteiger partial charge in [0.15, 0.2) is 6.61 Å². The zero-order valence-corrected chi connectivity index (χ0v) is 20.0. The number of hydrogen-bond donors (Lipinski definition) is 3. The molecule has 0 radical (unpaired) electrons. The van der Waals surface area contributed by atoms with Gasteiger partial charge in [-0.05, 0) is 51.2 Å². The molecule has 2 amide bonds. The molecule has 1 unspecified atom stereocenters. The van der Waals surface area contributed by atoms with E-state index in [4.69, 9.17) is 27.9 Å². The molecule has 3 aliphatic carbocycles. The summed E-state index contributed by atoms with van der Waals surface area (Å²) >= 11 is 11.8. The highest BCUT2D eigenvalue weighted by molar-refractivity contribution is 6.42. The minimum Gasteiger partial charge on any atom is -0.484 e. The van der Waals surface area contributed by atoms with Gasteiger partial charge < -0.3 is 20.5 Å². The predicted octanol–water partition coefficient (Wildman–Crippen LogP) is 3.56. The van der Waals surface area contributed by atoms with Crippen LogP contribution in [0.4, 0.5) is 4.39 Å². The molecule has 182 valence electrons. The third-order valence-corrected chi connectivity index (χ3v) is 7.40. The van der Waals surface area contributed by atoms with Crippen LogP contribution < -0.4 is 15.4 Å². The number of benzene rings is 1. The van der Waals surface area contributed by atoms with Gasteiger partial charge in [0.1, 0.15) is 17.6 Å². The first-order chi connectivity index (χ1) is 16.1. The van der Waals surface area contributed by atoms with Crippen molar-refractivity contribution >= 4 is 35.0 Å². The molecule has 3 N–H and O–H groups in total. The van der Waals surface area contributed by atoms with Gasteiger partial charge in [0.2, 0.25) is 0 Å². The Labute approximate surface area is 206 Å². The molecule has 5 rings (SSSR count). The number of nitrogens with zero attached hydrogens (tertiary/aromatic N) is 2. The number of aliphatic hydroxyl groups excluding tert-OH is 1. The van der Waals surface area contributed by atoms with Gasteiger partial charge in [-0.25, -0.2) is 9.37 Å². The number of nitrogens with one attached hydrogen (secondary N) is 2. The number of amides is 2. The highest BCUT2D eigenvalue weighted by Gasteiger charge is 2.55. The lowest BCUT2D eigenvalue weighted by Gasteiger charge is -2.56. The second kappa shape index (κ2) is 9.64. The van der Waals surface area contributed by atoms with Gasteiger partial charge in [0.25, 0.3) is 11.8 Å². The molecule has 1 aromatic heterocycles. The van der Waals surface area contributed by atoms with E-state index >= 15 is 0 Å². The summed E-state index contributed by atoms with van der Waals surface area (Å²) in [5.41, 5.74) is -1.14. The summed E-state index contributed by atoms with van der Waals surface area (Å²) in [4.78, 5) is 33.2. The van der Waals surface area contributed by atoms with Crippen LogP contribution in [-0.4, -0.2) is 50.7 Å². The third kappa shape index (κ3) is 5.11. The van der Waals surface area contributed by atoms with E-state index in [1.807, 2.05) is 0 Å². The molecule has 0 aliphatic heterocycles. The Morgan fingerprint density at radius 2 is 1.91 bits per heavy atom. The molecular weight excluding hydrogens is 486 g/mol. The first kappa shape index (κ1) is 24.6. The van der Waals surface area contributed by atoms with Crippen LogP contribution in [0, 0.1) is 0 Å². The Morgan fingerprint density at radius 3 is 2.50 bits per heavy atom. The average Bonchev–Trinajstić information content (AvgIpc) is 2.81. The predicted molar refractivity (Wildman–Crippen MR) is 124 cm³/mol. The van der Waals surface area contributed by atoms with Crippen molar-refractivity contribution in [2.45, 2.75) is 62.4 Å². The summed E-state index contributed by atoms with van der Waals surface area (Å²) in [7, 11) is 0. The molecule has 11 heteroatoms. The van der Waals surface area contributed by atoms with Gasteiger partial charge in [-0.3, -0.25) is 14.6 Å². The van der Waals surface area contributed by atoms with Crippen LogP contribution in [0.3, 0.4) is 0 Å². The van der Waals surface area contributed by atoms with Gasteiger partial charge in [0.05, 0.1) is 39.8 Å². The van der Waals surface area contributed by atoms with Crippen LogP contribution in [0.25, 0.3) is 0 Å². The number of hydrogen-bond acceptors (Lipinski definition) is 6. The summed E-state index contributed by atoms with van der Waals surface area (Å²) in [6, 6.07) is 4.72. The van der Waals surface area contributed by atoms with Crippen molar-refractivity contribution in [2.75, 3.05) is 6.61 Å². The maximum atomic E-state index is 13.3. The molecule has 3 saturated carbocycles. The van der Waals surface area contributed by atoms with Crippen LogP contribution >= 0.6 is 23.2 Å². The number of rotatable bonds is 7. The minimum atomic E-state index is -1.27. The highest BCUT2D eigenvalue weighted by atomic mass is 35.5. The summed E-state index contributed by atoms with van der Waals surface area (Å²) in [6.45, 7) is 1.11. The topological polar surface area (TPSA) is 113 Å². The monoisotopic (exact) mass is 510 g/mol. The van der Waals surface area contributed by atoms with E-state index in [-0.39, 0.29) is 23.9 Å². The van der Waals surface area contributed by atoms with Gasteiger partial charge in [-0.2, -0.15) is 0 Å². The molecule has 8 nitrogen and oxygen atoms in total. The van der Waals surface area contributed by atoms with Crippen molar-refractivity contribution in [2.24, 2.45) is 0 Å². The summed E-state index contributed by atoms with van der Waals surface area (Å²) in [5.74, 6) is -0.374. The van der Waals surface area contributed by atoms with Gasteiger partial charge >= 0.3 is 0 Å². The number of carbonyl (C=O) groups excluding carboxylic acids is 2. The van der Waals surface area contributed by atoms with Crippen molar-refractivity contribution < 1.29 is 23.8 Å². The van der Waals surface area contributed by atoms with Gasteiger partial charge in [0, 0.05) is 11.6 Å². The molecule has 2 atom stereocenters. The van der Waals surface area contributed by atoms with E-state index in [9.17, 15) is 19.1 Å². The molecule has 3 fully saturated rings. The molecule has 1 aromatic carbocycles. The van der Waals surface area contributed by atoms with Gasteiger partial charge in [-0.1, -0.05) is 23.2 Å².